The molecule has 1 aromatic heterocycles. The minimum absolute atomic E-state index is 0.0353. The van der Waals surface area contributed by atoms with Crippen LogP contribution in [0.3, 0.4) is 0 Å². The minimum atomic E-state index is -0.996. The van der Waals surface area contributed by atoms with Gasteiger partial charge >= 0.3 is 0 Å². The Morgan fingerprint density at radius 3 is 2.68 bits per heavy atom. The average molecular weight is 431 g/mol. The topological polar surface area (TPSA) is 100 Å². The number of nitrogens with zero attached hydrogens (tertiary/aromatic N) is 2. The van der Waals surface area contributed by atoms with E-state index >= 15 is 0 Å². The summed E-state index contributed by atoms with van der Waals surface area (Å²) >= 11 is 0. The SMILES string of the molecule is CCN1CCC[C@@H]1C(=O)N[C@@H](Cc1ccc(F)c(F)c1)C(=O)NCc1ccc(N)nc1. The van der Waals surface area contributed by atoms with E-state index in [1.165, 1.54) is 6.07 Å². The molecule has 0 radical (unpaired) electrons. The summed E-state index contributed by atoms with van der Waals surface area (Å²) in [6.45, 7) is 3.75. The normalized spacial score (nSPS) is 17.3. The molecular weight excluding hydrogens is 404 g/mol. The summed E-state index contributed by atoms with van der Waals surface area (Å²) in [5.41, 5.74) is 6.72. The van der Waals surface area contributed by atoms with Crippen molar-refractivity contribution in [2.75, 3.05) is 18.8 Å². The number of likely N-dealkylation sites (tertiary alicyclic amines) is 1. The van der Waals surface area contributed by atoms with Crippen LogP contribution in [0.25, 0.3) is 0 Å². The van der Waals surface area contributed by atoms with Gasteiger partial charge in [-0.1, -0.05) is 19.1 Å². The van der Waals surface area contributed by atoms with Gasteiger partial charge in [0.1, 0.15) is 11.9 Å². The van der Waals surface area contributed by atoms with Crippen molar-refractivity contribution < 1.29 is 18.4 Å². The first-order chi connectivity index (χ1) is 14.9. The number of carbonyl (C=O) groups is 2. The maximum Gasteiger partial charge on any atom is 0.243 e. The maximum atomic E-state index is 13.7. The number of benzene rings is 1. The molecule has 2 aromatic rings. The van der Waals surface area contributed by atoms with Crippen LogP contribution in [0.5, 0.6) is 0 Å². The summed E-state index contributed by atoms with van der Waals surface area (Å²) in [6.07, 6.45) is 3.22. The molecule has 4 N–H and O–H groups in total. The van der Waals surface area contributed by atoms with Gasteiger partial charge in [0.2, 0.25) is 11.8 Å². The van der Waals surface area contributed by atoms with E-state index < -0.39 is 23.6 Å². The Morgan fingerprint density at radius 2 is 2.00 bits per heavy atom. The molecule has 0 spiro atoms. The Labute approximate surface area is 180 Å². The van der Waals surface area contributed by atoms with Gasteiger partial charge in [-0.05, 0) is 55.3 Å². The number of hydrogen-bond acceptors (Lipinski definition) is 5. The first-order valence-corrected chi connectivity index (χ1v) is 10.3. The lowest BCUT2D eigenvalue weighted by Gasteiger charge is -2.25. The number of likely N-dealkylation sites (N-methyl/N-ethyl adjacent to an activating group) is 1. The molecule has 3 rings (SSSR count). The molecule has 31 heavy (non-hydrogen) atoms. The Balaban J connectivity index is 1.72. The van der Waals surface area contributed by atoms with Crippen LogP contribution in [0.15, 0.2) is 36.5 Å². The van der Waals surface area contributed by atoms with Gasteiger partial charge < -0.3 is 16.4 Å². The number of hydrogen-bond donors (Lipinski definition) is 3. The van der Waals surface area contributed by atoms with Gasteiger partial charge in [0, 0.05) is 19.2 Å². The molecule has 2 heterocycles. The summed E-state index contributed by atoms with van der Waals surface area (Å²) in [5, 5.41) is 5.58. The zero-order valence-corrected chi connectivity index (χ0v) is 17.4. The third-order valence-corrected chi connectivity index (χ3v) is 5.44. The number of nitrogens with two attached hydrogens (primary N) is 1. The Kier molecular flexibility index (Phi) is 7.51. The fourth-order valence-electron chi connectivity index (χ4n) is 3.73. The lowest BCUT2D eigenvalue weighted by molar-refractivity contribution is -0.131. The first kappa shape index (κ1) is 22.6. The monoisotopic (exact) mass is 431 g/mol. The Morgan fingerprint density at radius 1 is 1.23 bits per heavy atom. The van der Waals surface area contributed by atoms with Crippen LogP contribution in [-0.2, 0) is 22.6 Å². The fraction of sp³-hybridized carbons (Fsp3) is 0.409. The molecule has 1 aliphatic heterocycles. The van der Waals surface area contributed by atoms with Crippen molar-refractivity contribution in [3.63, 3.8) is 0 Å². The predicted octanol–water partition coefficient (Wildman–Crippen LogP) is 1.77. The number of halogens is 2. The van der Waals surface area contributed by atoms with Crippen molar-refractivity contribution in [3.05, 3.63) is 59.3 Å². The average Bonchev–Trinajstić information content (AvgIpc) is 3.24. The van der Waals surface area contributed by atoms with Crippen LogP contribution in [0.1, 0.15) is 30.9 Å². The van der Waals surface area contributed by atoms with E-state index in [1.54, 1.807) is 18.3 Å². The molecule has 0 aliphatic carbocycles. The standard InChI is InChI=1S/C22H27F2N5O2/c1-2-29-9-3-4-19(29)22(31)28-18(11-14-5-7-16(23)17(24)10-14)21(30)27-13-15-6-8-20(25)26-12-15/h5-8,10,12,18-19H,2-4,9,11,13H2,1H3,(H2,25,26)(H,27,30)(H,28,31)/t18-,19+/m0/s1. The summed E-state index contributed by atoms with van der Waals surface area (Å²) in [7, 11) is 0. The van der Waals surface area contributed by atoms with Crippen LogP contribution >= 0.6 is 0 Å². The van der Waals surface area contributed by atoms with Crippen molar-refractivity contribution in [2.45, 2.75) is 44.8 Å². The molecule has 0 bridgehead atoms. The number of pyridine rings is 1. The maximum absolute atomic E-state index is 13.7. The number of amides is 2. The molecule has 9 heteroatoms. The summed E-state index contributed by atoms with van der Waals surface area (Å²) in [4.78, 5) is 31.8. The molecule has 1 aromatic carbocycles. The van der Waals surface area contributed by atoms with Crippen LogP contribution in [0.2, 0.25) is 0 Å². The largest absolute Gasteiger partial charge is 0.384 e. The number of aromatic nitrogens is 1. The molecule has 7 nitrogen and oxygen atoms in total. The van der Waals surface area contributed by atoms with E-state index in [-0.39, 0.29) is 24.9 Å². The molecular formula is C22H27F2N5O2. The summed E-state index contributed by atoms with van der Waals surface area (Å²) in [6, 6.07) is 5.59. The molecule has 1 saturated heterocycles. The second kappa shape index (κ2) is 10.3. The zero-order valence-electron chi connectivity index (χ0n) is 17.4. The zero-order chi connectivity index (χ0) is 22.4. The van der Waals surface area contributed by atoms with Crippen molar-refractivity contribution in [3.8, 4) is 0 Å². The van der Waals surface area contributed by atoms with Gasteiger partial charge in [0.05, 0.1) is 6.04 Å². The molecule has 1 aliphatic rings. The molecule has 1 fully saturated rings. The smallest absolute Gasteiger partial charge is 0.243 e. The summed E-state index contributed by atoms with van der Waals surface area (Å²) in [5.74, 6) is -2.25. The van der Waals surface area contributed by atoms with Gasteiger partial charge in [0.25, 0.3) is 0 Å². The van der Waals surface area contributed by atoms with Crippen molar-refractivity contribution >= 4 is 17.6 Å². The van der Waals surface area contributed by atoms with Crippen molar-refractivity contribution in [2.24, 2.45) is 0 Å². The van der Waals surface area contributed by atoms with Gasteiger partial charge in [-0.3, -0.25) is 14.5 Å². The Hall–Kier alpha value is -3.07. The lowest BCUT2D eigenvalue weighted by atomic mass is 10.0. The minimum Gasteiger partial charge on any atom is -0.384 e. The van der Waals surface area contributed by atoms with Crippen LogP contribution in [0, 0.1) is 11.6 Å². The van der Waals surface area contributed by atoms with Crippen molar-refractivity contribution in [1.82, 2.24) is 20.5 Å². The highest BCUT2D eigenvalue weighted by atomic mass is 19.2. The highest BCUT2D eigenvalue weighted by molar-refractivity contribution is 5.90. The summed E-state index contributed by atoms with van der Waals surface area (Å²) < 4.78 is 26.9. The quantitative estimate of drug-likeness (QED) is 0.592. The number of carbonyl (C=O) groups excluding carboxylic acids is 2. The van der Waals surface area contributed by atoms with Gasteiger partial charge in [0.15, 0.2) is 11.6 Å². The second-order valence-electron chi connectivity index (χ2n) is 7.61. The van der Waals surface area contributed by atoms with E-state index in [4.69, 9.17) is 5.73 Å². The molecule has 0 unspecified atom stereocenters. The third kappa shape index (κ3) is 5.97. The molecule has 0 saturated carbocycles. The predicted molar refractivity (Wildman–Crippen MR) is 113 cm³/mol. The Bertz CT molecular complexity index is 923. The van der Waals surface area contributed by atoms with E-state index in [2.05, 4.69) is 20.5 Å². The molecule has 2 amide bonds. The van der Waals surface area contributed by atoms with Crippen LogP contribution < -0.4 is 16.4 Å². The van der Waals surface area contributed by atoms with Gasteiger partial charge in [-0.2, -0.15) is 0 Å². The number of nitrogens with one attached hydrogen (secondary N) is 2. The highest BCUT2D eigenvalue weighted by Gasteiger charge is 2.32. The van der Waals surface area contributed by atoms with E-state index in [1.807, 2.05) is 6.92 Å². The first-order valence-electron chi connectivity index (χ1n) is 10.3. The van der Waals surface area contributed by atoms with Crippen molar-refractivity contribution in [1.29, 1.82) is 0 Å². The third-order valence-electron chi connectivity index (χ3n) is 5.44. The van der Waals surface area contributed by atoms with E-state index in [9.17, 15) is 18.4 Å². The fourth-order valence-corrected chi connectivity index (χ4v) is 3.73. The van der Waals surface area contributed by atoms with Crippen LogP contribution in [-0.4, -0.2) is 46.9 Å². The highest BCUT2D eigenvalue weighted by Crippen LogP contribution is 2.17. The molecule has 2 atom stereocenters. The van der Waals surface area contributed by atoms with Gasteiger partial charge in [-0.15, -0.1) is 0 Å². The van der Waals surface area contributed by atoms with Gasteiger partial charge in [-0.25, -0.2) is 13.8 Å². The number of nitrogen functional groups attached to an aromatic ring is 1. The number of rotatable bonds is 8. The number of anilines is 1. The van der Waals surface area contributed by atoms with E-state index in [0.717, 1.165) is 43.6 Å². The lowest BCUT2D eigenvalue weighted by Crippen LogP contribution is -2.53. The van der Waals surface area contributed by atoms with Crippen LogP contribution in [0.4, 0.5) is 14.6 Å². The second-order valence-corrected chi connectivity index (χ2v) is 7.61. The molecule has 166 valence electrons. The van der Waals surface area contributed by atoms with E-state index in [0.29, 0.717) is 11.4 Å².